The maximum absolute atomic E-state index is 12.8. The van der Waals surface area contributed by atoms with Crippen LogP contribution in [0.4, 0.5) is 0 Å². The summed E-state index contributed by atoms with van der Waals surface area (Å²) in [6, 6.07) is 31.9. The van der Waals surface area contributed by atoms with Crippen LogP contribution in [0.5, 0.6) is 0 Å². The number of hydrogen-bond donors (Lipinski definition) is 1. The molecule has 0 bridgehead atoms. The third-order valence-electron chi connectivity index (χ3n) is 6.00. The Morgan fingerprint density at radius 1 is 0.862 bits per heavy atom. The fraction of sp³-hybridized carbons (Fsp3) is 0.269. The molecule has 3 aromatic rings. The van der Waals surface area contributed by atoms with Crippen LogP contribution in [0, 0.1) is 5.92 Å². The Hall–Kier alpha value is -2.91. The molecule has 148 valence electrons. The van der Waals surface area contributed by atoms with Gasteiger partial charge in [-0.2, -0.15) is 0 Å². The van der Waals surface area contributed by atoms with Crippen LogP contribution >= 0.6 is 0 Å². The van der Waals surface area contributed by atoms with Crippen LogP contribution in [0.2, 0.25) is 0 Å². The third-order valence-corrected chi connectivity index (χ3v) is 6.00. The van der Waals surface area contributed by atoms with Gasteiger partial charge in [0.25, 0.3) is 0 Å². The van der Waals surface area contributed by atoms with Crippen LogP contribution in [0.15, 0.2) is 91.0 Å². The van der Waals surface area contributed by atoms with Gasteiger partial charge in [-0.3, -0.25) is 9.69 Å². The van der Waals surface area contributed by atoms with Crippen molar-refractivity contribution in [3.63, 3.8) is 0 Å². The first kappa shape index (κ1) is 19.4. The average Bonchev–Trinajstić information content (AvgIpc) is 3.13. The summed E-state index contributed by atoms with van der Waals surface area (Å²) in [5, 5.41) is 3.13. The smallest absolute Gasteiger partial charge is 0.225 e. The van der Waals surface area contributed by atoms with E-state index in [1.165, 1.54) is 16.7 Å². The molecular weight excluding hydrogens is 356 g/mol. The Morgan fingerprint density at radius 2 is 1.41 bits per heavy atom. The van der Waals surface area contributed by atoms with Crippen LogP contribution in [-0.4, -0.2) is 23.4 Å². The fourth-order valence-electron chi connectivity index (χ4n) is 4.36. The number of benzene rings is 3. The van der Waals surface area contributed by atoms with Gasteiger partial charge in [0.2, 0.25) is 5.91 Å². The van der Waals surface area contributed by atoms with E-state index in [1.54, 1.807) is 0 Å². The standard InChI is InChI=1S/C26H28N2O/c1-20(23-15-9-4-10-16-23)28(19-22-13-7-3-8-14-22)25-18-27-26(29)24(25)17-21-11-5-2-6-12-21/h2-16,20,24-25H,17-19H2,1H3,(H,27,29)/t20-,24+,25-/m0/s1. The maximum atomic E-state index is 12.8. The zero-order chi connectivity index (χ0) is 20.1. The predicted molar refractivity (Wildman–Crippen MR) is 117 cm³/mol. The van der Waals surface area contributed by atoms with Crippen molar-refractivity contribution in [3.8, 4) is 0 Å². The molecule has 1 amide bonds. The van der Waals surface area contributed by atoms with E-state index in [1.807, 2.05) is 24.3 Å². The molecule has 1 aliphatic heterocycles. The molecule has 1 saturated heterocycles. The van der Waals surface area contributed by atoms with Crippen molar-refractivity contribution < 1.29 is 4.79 Å². The van der Waals surface area contributed by atoms with Gasteiger partial charge in [-0.05, 0) is 30.0 Å². The van der Waals surface area contributed by atoms with Gasteiger partial charge in [-0.15, -0.1) is 0 Å². The summed E-state index contributed by atoms with van der Waals surface area (Å²) in [7, 11) is 0. The van der Waals surface area contributed by atoms with Gasteiger partial charge in [-0.1, -0.05) is 91.0 Å². The fourth-order valence-corrected chi connectivity index (χ4v) is 4.36. The summed E-state index contributed by atoms with van der Waals surface area (Å²) >= 11 is 0. The first-order chi connectivity index (χ1) is 14.2. The Morgan fingerprint density at radius 3 is 2.03 bits per heavy atom. The van der Waals surface area contributed by atoms with Crippen molar-refractivity contribution >= 4 is 5.91 Å². The molecule has 3 heteroatoms. The molecule has 0 radical (unpaired) electrons. The van der Waals surface area contributed by atoms with E-state index < -0.39 is 0 Å². The molecule has 29 heavy (non-hydrogen) atoms. The monoisotopic (exact) mass is 384 g/mol. The summed E-state index contributed by atoms with van der Waals surface area (Å²) in [5.74, 6) is 0.115. The molecule has 0 aromatic heterocycles. The van der Waals surface area contributed by atoms with E-state index in [2.05, 4.69) is 83.9 Å². The summed E-state index contributed by atoms with van der Waals surface area (Å²) in [6.07, 6.45) is 0.768. The highest BCUT2D eigenvalue weighted by molar-refractivity contribution is 5.82. The number of hydrogen-bond acceptors (Lipinski definition) is 2. The first-order valence-corrected chi connectivity index (χ1v) is 10.4. The van der Waals surface area contributed by atoms with Crippen molar-refractivity contribution in [1.82, 2.24) is 10.2 Å². The van der Waals surface area contributed by atoms with Crippen LogP contribution in [0.3, 0.4) is 0 Å². The zero-order valence-corrected chi connectivity index (χ0v) is 16.9. The lowest BCUT2D eigenvalue weighted by Crippen LogP contribution is -2.43. The number of nitrogens with one attached hydrogen (secondary N) is 1. The number of rotatable bonds is 7. The second kappa shape index (κ2) is 9.06. The molecular formula is C26H28N2O. The highest BCUT2D eigenvalue weighted by Crippen LogP contribution is 2.31. The van der Waals surface area contributed by atoms with Crippen molar-refractivity contribution in [2.24, 2.45) is 5.92 Å². The van der Waals surface area contributed by atoms with Crippen molar-refractivity contribution in [2.75, 3.05) is 6.54 Å². The SMILES string of the molecule is C[C@@H](c1ccccc1)N(Cc1ccccc1)[C@H]1CNC(=O)[C@@H]1Cc1ccccc1. The highest BCUT2D eigenvalue weighted by atomic mass is 16.2. The zero-order valence-electron chi connectivity index (χ0n) is 16.9. The Labute approximate surface area is 173 Å². The van der Waals surface area contributed by atoms with E-state index in [0.717, 1.165) is 13.0 Å². The van der Waals surface area contributed by atoms with E-state index in [9.17, 15) is 4.79 Å². The van der Waals surface area contributed by atoms with E-state index in [-0.39, 0.29) is 23.9 Å². The summed E-state index contributed by atoms with van der Waals surface area (Å²) in [5.41, 5.74) is 3.76. The van der Waals surface area contributed by atoms with Crippen LogP contribution in [0.25, 0.3) is 0 Å². The molecule has 1 aliphatic rings. The van der Waals surface area contributed by atoms with Gasteiger partial charge in [-0.25, -0.2) is 0 Å². The largest absolute Gasteiger partial charge is 0.354 e. The second-order valence-electron chi connectivity index (χ2n) is 7.85. The minimum absolute atomic E-state index is 0.0488. The minimum atomic E-state index is -0.0488. The Balaban J connectivity index is 1.64. The molecule has 1 fully saturated rings. The van der Waals surface area contributed by atoms with E-state index in [0.29, 0.717) is 6.54 Å². The lowest BCUT2D eigenvalue weighted by Gasteiger charge is -2.37. The number of nitrogens with zero attached hydrogens (tertiary/aromatic N) is 1. The molecule has 1 N–H and O–H groups in total. The summed E-state index contributed by atoms with van der Waals surface area (Å²) in [6.45, 7) is 3.77. The minimum Gasteiger partial charge on any atom is -0.354 e. The first-order valence-electron chi connectivity index (χ1n) is 10.4. The van der Waals surface area contributed by atoms with Crippen molar-refractivity contribution in [3.05, 3.63) is 108 Å². The van der Waals surface area contributed by atoms with E-state index >= 15 is 0 Å². The molecule has 1 heterocycles. The topological polar surface area (TPSA) is 32.3 Å². The lowest BCUT2D eigenvalue weighted by atomic mass is 9.91. The number of carbonyl (C=O) groups excluding carboxylic acids is 1. The molecule has 0 spiro atoms. The van der Waals surface area contributed by atoms with Gasteiger partial charge < -0.3 is 5.32 Å². The molecule has 3 aromatic carbocycles. The van der Waals surface area contributed by atoms with Gasteiger partial charge in [0.05, 0.1) is 5.92 Å². The Bertz CT molecular complexity index is 911. The molecule has 3 nitrogen and oxygen atoms in total. The van der Waals surface area contributed by atoms with Crippen LogP contribution < -0.4 is 5.32 Å². The Kier molecular flexibility index (Phi) is 6.06. The third kappa shape index (κ3) is 4.57. The van der Waals surface area contributed by atoms with Gasteiger partial charge in [0.15, 0.2) is 0 Å². The second-order valence-corrected chi connectivity index (χ2v) is 7.85. The van der Waals surface area contributed by atoms with Crippen LogP contribution in [0.1, 0.15) is 29.7 Å². The molecule has 4 rings (SSSR count). The molecule has 0 unspecified atom stereocenters. The highest BCUT2D eigenvalue weighted by Gasteiger charge is 2.40. The van der Waals surface area contributed by atoms with Gasteiger partial charge >= 0.3 is 0 Å². The van der Waals surface area contributed by atoms with Crippen LogP contribution in [-0.2, 0) is 17.8 Å². The number of carbonyl (C=O) groups is 1. The predicted octanol–water partition coefficient (Wildman–Crippen LogP) is 4.61. The van der Waals surface area contributed by atoms with Gasteiger partial charge in [0, 0.05) is 25.2 Å². The average molecular weight is 385 g/mol. The maximum Gasteiger partial charge on any atom is 0.225 e. The quantitative estimate of drug-likeness (QED) is 0.645. The lowest BCUT2D eigenvalue weighted by molar-refractivity contribution is -0.123. The van der Waals surface area contributed by atoms with Crippen molar-refractivity contribution in [2.45, 2.75) is 32.0 Å². The van der Waals surface area contributed by atoms with E-state index in [4.69, 9.17) is 0 Å². The molecule has 3 atom stereocenters. The summed E-state index contributed by atoms with van der Waals surface area (Å²) < 4.78 is 0. The normalized spacial score (nSPS) is 19.9. The number of amides is 1. The van der Waals surface area contributed by atoms with Gasteiger partial charge in [0.1, 0.15) is 0 Å². The van der Waals surface area contributed by atoms with Crippen molar-refractivity contribution in [1.29, 1.82) is 0 Å². The molecule has 0 aliphatic carbocycles. The summed E-state index contributed by atoms with van der Waals surface area (Å²) in [4.78, 5) is 15.3. The molecule has 0 saturated carbocycles.